The summed E-state index contributed by atoms with van der Waals surface area (Å²) in [5.41, 5.74) is 2.55. The summed E-state index contributed by atoms with van der Waals surface area (Å²) in [5.74, 6) is -0.479. The van der Waals surface area contributed by atoms with E-state index in [2.05, 4.69) is 4.99 Å². The van der Waals surface area contributed by atoms with E-state index < -0.39 is 12.0 Å². The molecule has 140 valence electrons. The molecular weight excluding hydrogens is 372 g/mol. The molecule has 0 saturated carbocycles. The predicted molar refractivity (Wildman–Crippen MR) is 109 cm³/mol. The van der Waals surface area contributed by atoms with Crippen molar-refractivity contribution in [3.05, 3.63) is 103 Å². The first-order chi connectivity index (χ1) is 13.6. The lowest BCUT2D eigenvalue weighted by Crippen LogP contribution is -2.39. The predicted octanol–water partition coefficient (Wildman–Crippen LogP) is 2.41. The van der Waals surface area contributed by atoms with Crippen molar-refractivity contribution in [1.82, 2.24) is 4.57 Å². The Morgan fingerprint density at radius 3 is 2.39 bits per heavy atom. The fourth-order valence-corrected chi connectivity index (χ4v) is 4.39. The van der Waals surface area contributed by atoms with Crippen LogP contribution in [0.2, 0.25) is 0 Å². The second kappa shape index (κ2) is 7.40. The van der Waals surface area contributed by atoms with Gasteiger partial charge in [-0.25, -0.2) is 9.79 Å². The molecule has 1 aliphatic rings. The molecule has 0 N–H and O–H groups in total. The second-order valence-electron chi connectivity index (χ2n) is 6.39. The normalized spacial score (nSPS) is 16.5. The second-order valence-corrected chi connectivity index (χ2v) is 7.40. The molecule has 0 amide bonds. The van der Waals surface area contributed by atoms with E-state index in [9.17, 15) is 9.59 Å². The molecule has 2 heterocycles. The van der Waals surface area contributed by atoms with Gasteiger partial charge in [0.1, 0.15) is 0 Å². The van der Waals surface area contributed by atoms with Gasteiger partial charge in [-0.1, -0.05) is 72.0 Å². The van der Waals surface area contributed by atoms with Gasteiger partial charge in [0.15, 0.2) is 4.80 Å². The summed E-state index contributed by atoms with van der Waals surface area (Å²) in [5, 5.41) is 0. The van der Waals surface area contributed by atoms with Crippen LogP contribution in [-0.4, -0.2) is 17.6 Å². The maximum absolute atomic E-state index is 13.3. The number of carbonyl (C=O) groups is 1. The molecule has 0 radical (unpaired) electrons. The van der Waals surface area contributed by atoms with E-state index in [1.54, 1.807) is 11.5 Å². The van der Waals surface area contributed by atoms with Crippen molar-refractivity contribution in [3.63, 3.8) is 0 Å². The molecule has 0 saturated heterocycles. The number of thiazole rings is 1. The van der Waals surface area contributed by atoms with Gasteiger partial charge in [0.05, 0.1) is 29.0 Å². The van der Waals surface area contributed by atoms with E-state index in [4.69, 9.17) is 4.74 Å². The Kier molecular flexibility index (Phi) is 4.79. The molecule has 1 atom stereocenters. The Morgan fingerprint density at radius 1 is 1.11 bits per heavy atom. The SMILES string of the molecule is COC(=O)C1=C(C)N=c2s/c(=C/c3ccccc3)c(=O)n2C1c1ccccc1. The number of rotatable bonds is 3. The molecule has 3 aromatic rings. The van der Waals surface area contributed by atoms with E-state index in [1.165, 1.54) is 18.4 Å². The Labute approximate surface area is 165 Å². The molecule has 2 aromatic carbocycles. The van der Waals surface area contributed by atoms with Gasteiger partial charge in [0.2, 0.25) is 0 Å². The zero-order valence-electron chi connectivity index (χ0n) is 15.5. The lowest BCUT2D eigenvalue weighted by Gasteiger charge is -2.24. The number of fused-ring (bicyclic) bond motifs is 1. The number of carbonyl (C=O) groups excluding carboxylic acids is 1. The summed E-state index contributed by atoms with van der Waals surface area (Å²) in [6, 6.07) is 18.6. The number of allylic oxidation sites excluding steroid dienone is 1. The van der Waals surface area contributed by atoms with Crippen molar-refractivity contribution in [2.75, 3.05) is 7.11 Å². The van der Waals surface area contributed by atoms with Crippen molar-refractivity contribution >= 4 is 23.4 Å². The molecule has 0 fully saturated rings. The van der Waals surface area contributed by atoms with E-state index in [-0.39, 0.29) is 5.56 Å². The Balaban J connectivity index is 1.99. The summed E-state index contributed by atoms with van der Waals surface area (Å²) < 4.78 is 7.16. The van der Waals surface area contributed by atoms with Gasteiger partial charge in [-0.05, 0) is 24.1 Å². The van der Waals surface area contributed by atoms with Crippen molar-refractivity contribution in [3.8, 4) is 0 Å². The fourth-order valence-electron chi connectivity index (χ4n) is 3.34. The van der Waals surface area contributed by atoms with Crippen LogP contribution in [0.1, 0.15) is 24.1 Å². The van der Waals surface area contributed by atoms with Crippen molar-refractivity contribution in [2.45, 2.75) is 13.0 Å². The summed E-state index contributed by atoms with van der Waals surface area (Å²) in [7, 11) is 1.34. The number of methoxy groups -OCH3 is 1. The van der Waals surface area contributed by atoms with Crippen LogP contribution in [0.5, 0.6) is 0 Å². The first kappa shape index (κ1) is 18.1. The Morgan fingerprint density at radius 2 is 1.75 bits per heavy atom. The van der Waals surface area contributed by atoms with Crippen LogP contribution in [0.25, 0.3) is 6.08 Å². The molecule has 28 heavy (non-hydrogen) atoms. The molecular formula is C22H18N2O3S. The molecule has 6 heteroatoms. The van der Waals surface area contributed by atoms with Gasteiger partial charge < -0.3 is 4.74 Å². The van der Waals surface area contributed by atoms with Crippen LogP contribution in [0.3, 0.4) is 0 Å². The fraction of sp³-hybridized carbons (Fsp3) is 0.136. The van der Waals surface area contributed by atoms with Crippen LogP contribution < -0.4 is 14.9 Å². The minimum Gasteiger partial charge on any atom is -0.466 e. The highest BCUT2D eigenvalue weighted by molar-refractivity contribution is 7.07. The third-order valence-corrected chi connectivity index (χ3v) is 5.62. The number of ether oxygens (including phenoxy) is 1. The van der Waals surface area contributed by atoms with Crippen LogP contribution in [0, 0.1) is 0 Å². The molecule has 0 spiro atoms. The number of esters is 1. The summed E-state index contributed by atoms with van der Waals surface area (Å²) >= 11 is 1.32. The molecule has 4 rings (SSSR count). The molecule has 0 bridgehead atoms. The van der Waals surface area contributed by atoms with Gasteiger partial charge in [-0.3, -0.25) is 9.36 Å². The number of hydrogen-bond donors (Lipinski definition) is 0. The zero-order valence-corrected chi connectivity index (χ0v) is 16.3. The van der Waals surface area contributed by atoms with E-state index in [1.807, 2.05) is 66.7 Å². The largest absolute Gasteiger partial charge is 0.466 e. The Bertz CT molecular complexity index is 1240. The Hall–Kier alpha value is -3.25. The topological polar surface area (TPSA) is 60.7 Å². The lowest BCUT2D eigenvalue weighted by atomic mass is 9.96. The first-order valence-electron chi connectivity index (χ1n) is 8.81. The maximum atomic E-state index is 13.3. The van der Waals surface area contributed by atoms with Gasteiger partial charge in [-0.15, -0.1) is 0 Å². The minimum atomic E-state index is -0.567. The van der Waals surface area contributed by atoms with Gasteiger partial charge >= 0.3 is 5.97 Å². The highest BCUT2D eigenvalue weighted by Gasteiger charge is 2.32. The molecule has 5 nitrogen and oxygen atoms in total. The average Bonchev–Trinajstić information content (AvgIpc) is 3.02. The van der Waals surface area contributed by atoms with Crippen LogP contribution in [-0.2, 0) is 9.53 Å². The molecule has 1 unspecified atom stereocenters. The first-order valence-corrected chi connectivity index (χ1v) is 9.62. The highest BCUT2D eigenvalue weighted by Crippen LogP contribution is 2.30. The van der Waals surface area contributed by atoms with Crippen molar-refractivity contribution < 1.29 is 9.53 Å². The zero-order chi connectivity index (χ0) is 19.7. The van der Waals surface area contributed by atoms with Crippen molar-refractivity contribution in [1.29, 1.82) is 0 Å². The summed E-state index contributed by atoms with van der Waals surface area (Å²) in [6.07, 6.45) is 1.85. The number of benzene rings is 2. The third kappa shape index (κ3) is 3.12. The van der Waals surface area contributed by atoms with Crippen molar-refractivity contribution in [2.24, 2.45) is 4.99 Å². The molecule has 0 aliphatic carbocycles. The molecule has 1 aliphatic heterocycles. The monoisotopic (exact) mass is 390 g/mol. The molecule has 1 aromatic heterocycles. The minimum absolute atomic E-state index is 0.171. The van der Waals surface area contributed by atoms with E-state index >= 15 is 0 Å². The third-order valence-electron chi connectivity index (χ3n) is 4.64. The van der Waals surface area contributed by atoms with Crippen LogP contribution in [0.4, 0.5) is 0 Å². The maximum Gasteiger partial charge on any atom is 0.338 e. The summed E-state index contributed by atoms with van der Waals surface area (Å²) in [4.78, 5) is 30.9. The van der Waals surface area contributed by atoms with Gasteiger partial charge in [-0.2, -0.15) is 0 Å². The van der Waals surface area contributed by atoms with Gasteiger partial charge in [0, 0.05) is 0 Å². The van der Waals surface area contributed by atoms with E-state index in [0.717, 1.165) is 11.1 Å². The number of nitrogens with zero attached hydrogens (tertiary/aromatic N) is 2. The average molecular weight is 390 g/mol. The smallest absolute Gasteiger partial charge is 0.338 e. The quantitative estimate of drug-likeness (QED) is 0.646. The van der Waals surface area contributed by atoms with E-state index in [0.29, 0.717) is 20.6 Å². The van der Waals surface area contributed by atoms with Crippen LogP contribution in [0.15, 0.2) is 81.7 Å². The number of aromatic nitrogens is 1. The lowest BCUT2D eigenvalue weighted by molar-refractivity contribution is -0.136. The van der Waals surface area contributed by atoms with Gasteiger partial charge in [0.25, 0.3) is 5.56 Å². The summed E-state index contributed by atoms with van der Waals surface area (Å²) in [6.45, 7) is 1.77. The highest BCUT2D eigenvalue weighted by atomic mass is 32.1. The van der Waals surface area contributed by atoms with Crippen LogP contribution >= 0.6 is 11.3 Å². The number of hydrogen-bond acceptors (Lipinski definition) is 5. The standard InChI is InChI=1S/C22H18N2O3S/c1-14-18(21(26)27-2)19(16-11-7-4-8-12-16)24-20(25)17(28-22(24)23-14)13-15-9-5-3-6-10-15/h3-13,19H,1-2H3/b17-13+.